The zero-order valence-electron chi connectivity index (χ0n) is 16.4. The number of hydrogen-bond donors (Lipinski definition) is 2. The van der Waals surface area contributed by atoms with Gasteiger partial charge in [0.25, 0.3) is 5.91 Å². The molecule has 0 saturated carbocycles. The van der Waals surface area contributed by atoms with Crippen molar-refractivity contribution in [1.82, 2.24) is 19.6 Å². The van der Waals surface area contributed by atoms with E-state index in [4.69, 9.17) is 0 Å². The first-order chi connectivity index (χ1) is 13.9. The normalized spacial score (nSPS) is 12.5. The first kappa shape index (κ1) is 20.8. The molecule has 0 bridgehead atoms. The molecule has 0 aliphatic heterocycles. The molecule has 0 saturated heterocycles. The van der Waals surface area contributed by atoms with Crippen molar-refractivity contribution in [2.75, 3.05) is 6.54 Å². The lowest BCUT2D eigenvalue weighted by Crippen LogP contribution is -2.28. The molecule has 29 heavy (non-hydrogen) atoms. The van der Waals surface area contributed by atoms with Gasteiger partial charge in [0.15, 0.2) is 0 Å². The van der Waals surface area contributed by atoms with Crippen LogP contribution in [0.2, 0.25) is 0 Å². The highest BCUT2D eigenvalue weighted by Crippen LogP contribution is 2.17. The van der Waals surface area contributed by atoms with Crippen LogP contribution in [0.4, 0.5) is 0 Å². The fraction of sp³-hybridized carbons (Fsp3) is 0.238. The highest BCUT2D eigenvalue weighted by molar-refractivity contribution is 7.89. The highest BCUT2D eigenvalue weighted by Gasteiger charge is 2.17. The van der Waals surface area contributed by atoms with Gasteiger partial charge in [-0.2, -0.15) is 0 Å². The topological polar surface area (TPSA) is 93.1 Å². The number of carbonyl (C=O) groups is 1. The van der Waals surface area contributed by atoms with Gasteiger partial charge in [-0.05, 0) is 49.2 Å². The van der Waals surface area contributed by atoms with Crippen LogP contribution in [0.25, 0.3) is 5.69 Å². The van der Waals surface area contributed by atoms with Crippen molar-refractivity contribution in [3.63, 3.8) is 0 Å². The largest absolute Gasteiger partial charge is 0.346 e. The Bertz CT molecular complexity index is 1060. The van der Waals surface area contributed by atoms with Gasteiger partial charge in [-0.15, -0.1) is 0 Å². The Morgan fingerprint density at radius 1 is 1.17 bits per heavy atom. The predicted molar refractivity (Wildman–Crippen MR) is 111 cm³/mol. The van der Waals surface area contributed by atoms with Gasteiger partial charge < -0.3 is 9.88 Å². The number of rotatable bonds is 8. The van der Waals surface area contributed by atoms with Gasteiger partial charge in [0.1, 0.15) is 0 Å². The van der Waals surface area contributed by atoms with E-state index in [9.17, 15) is 13.2 Å². The minimum atomic E-state index is -3.62. The average molecular weight is 413 g/mol. The van der Waals surface area contributed by atoms with Crippen molar-refractivity contribution in [2.24, 2.45) is 0 Å². The monoisotopic (exact) mass is 412 g/mol. The van der Waals surface area contributed by atoms with Gasteiger partial charge >= 0.3 is 0 Å². The molecule has 3 aromatic rings. The van der Waals surface area contributed by atoms with Crippen LogP contribution in [0.1, 0.15) is 42.2 Å². The van der Waals surface area contributed by atoms with Gasteiger partial charge in [-0.3, -0.25) is 4.79 Å². The highest BCUT2D eigenvalue weighted by atomic mass is 32.2. The van der Waals surface area contributed by atoms with Crippen LogP contribution in [0.3, 0.4) is 0 Å². The lowest BCUT2D eigenvalue weighted by Gasteiger charge is -2.15. The molecule has 0 aliphatic carbocycles. The second kappa shape index (κ2) is 9.02. The SMILES string of the molecule is CCCNS(=O)(=O)c1cccc(C(=O)N[C@@H](C)c2ccc(-n3ccnc3)cc2)c1. The van der Waals surface area contributed by atoms with Gasteiger partial charge in [0.05, 0.1) is 17.3 Å². The summed E-state index contributed by atoms with van der Waals surface area (Å²) in [6, 6.07) is 13.6. The van der Waals surface area contributed by atoms with Crippen molar-refractivity contribution >= 4 is 15.9 Å². The van der Waals surface area contributed by atoms with Crippen LogP contribution in [0.5, 0.6) is 0 Å². The van der Waals surface area contributed by atoms with E-state index in [-0.39, 0.29) is 16.8 Å². The molecule has 1 atom stereocenters. The quantitative estimate of drug-likeness (QED) is 0.595. The van der Waals surface area contributed by atoms with E-state index < -0.39 is 10.0 Å². The minimum absolute atomic E-state index is 0.0796. The number of benzene rings is 2. The van der Waals surface area contributed by atoms with Crippen LogP contribution in [-0.4, -0.2) is 30.4 Å². The number of amides is 1. The average Bonchev–Trinajstić information content (AvgIpc) is 3.27. The fourth-order valence-electron chi connectivity index (χ4n) is 2.83. The van der Waals surface area contributed by atoms with Crippen molar-refractivity contribution in [1.29, 1.82) is 0 Å². The van der Waals surface area contributed by atoms with E-state index in [1.807, 2.05) is 48.9 Å². The van der Waals surface area contributed by atoms with Gasteiger partial charge in [-0.25, -0.2) is 18.1 Å². The molecule has 0 aliphatic rings. The Kier molecular flexibility index (Phi) is 6.46. The Labute approximate surface area is 170 Å². The fourth-order valence-corrected chi connectivity index (χ4v) is 4.01. The summed E-state index contributed by atoms with van der Waals surface area (Å²) < 4.78 is 29.0. The third-order valence-corrected chi connectivity index (χ3v) is 5.95. The van der Waals surface area contributed by atoms with E-state index in [1.54, 1.807) is 24.7 Å². The molecule has 7 nitrogen and oxygen atoms in total. The summed E-state index contributed by atoms with van der Waals surface area (Å²) in [5, 5.41) is 2.92. The third-order valence-electron chi connectivity index (χ3n) is 4.49. The van der Waals surface area contributed by atoms with Gasteiger partial charge in [-0.1, -0.05) is 25.1 Å². The first-order valence-electron chi connectivity index (χ1n) is 9.39. The summed E-state index contributed by atoms with van der Waals surface area (Å²) >= 11 is 0. The first-order valence-corrected chi connectivity index (χ1v) is 10.9. The summed E-state index contributed by atoms with van der Waals surface area (Å²) in [5.41, 5.74) is 2.21. The number of nitrogens with zero attached hydrogens (tertiary/aromatic N) is 2. The second-order valence-electron chi connectivity index (χ2n) is 6.68. The molecule has 8 heteroatoms. The Morgan fingerprint density at radius 3 is 2.59 bits per heavy atom. The van der Waals surface area contributed by atoms with Crippen LogP contribution < -0.4 is 10.0 Å². The molecule has 2 aromatic carbocycles. The van der Waals surface area contributed by atoms with E-state index in [1.165, 1.54) is 12.1 Å². The Morgan fingerprint density at radius 2 is 1.93 bits per heavy atom. The van der Waals surface area contributed by atoms with Crippen LogP contribution in [-0.2, 0) is 10.0 Å². The number of sulfonamides is 1. The summed E-state index contributed by atoms with van der Waals surface area (Å²) in [4.78, 5) is 16.7. The Hall–Kier alpha value is -2.97. The molecular formula is C21H24N4O3S. The maximum atomic E-state index is 12.6. The molecule has 1 heterocycles. The summed E-state index contributed by atoms with van der Waals surface area (Å²) in [5.74, 6) is -0.330. The lowest BCUT2D eigenvalue weighted by molar-refractivity contribution is 0.0939. The van der Waals surface area contributed by atoms with Crippen LogP contribution in [0.15, 0.2) is 72.1 Å². The van der Waals surface area contributed by atoms with E-state index in [2.05, 4.69) is 15.0 Å². The molecular weight excluding hydrogens is 388 g/mol. The number of hydrogen-bond acceptors (Lipinski definition) is 4. The standard InChI is InChI=1S/C21H24N4O3S/c1-3-11-23-29(27,28)20-6-4-5-18(14-20)21(26)24-16(2)17-7-9-19(10-8-17)25-13-12-22-15-25/h4-10,12-16,23H,3,11H2,1-2H3,(H,24,26)/t16-/m0/s1. The zero-order valence-corrected chi connectivity index (χ0v) is 17.2. The van der Waals surface area contributed by atoms with Crippen molar-refractivity contribution in [3.05, 3.63) is 78.4 Å². The molecule has 0 unspecified atom stereocenters. The molecule has 152 valence electrons. The van der Waals surface area contributed by atoms with Crippen LogP contribution in [0, 0.1) is 0 Å². The van der Waals surface area contributed by atoms with Crippen molar-refractivity contribution < 1.29 is 13.2 Å². The maximum absolute atomic E-state index is 12.6. The number of aromatic nitrogens is 2. The number of nitrogens with one attached hydrogen (secondary N) is 2. The third kappa shape index (κ3) is 5.10. The van der Waals surface area contributed by atoms with Gasteiger partial charge in [0.2, 0.25) is 10.0 Å². The molecule has 2 N–H and O–H groups in total. The van der Waals surface area contributed by atoms with E-state index >= 15 is 0 Å². The smallest absolute Gasteiger partial charge is 0.251 e. The van der Waals surface area contributed by atoms with Gasteiger partial charge in [0, 0.05) is 30.2 Å². The molecule has 0 radical (unpaired) electrons. The number of imidazole rings is 1. The molecule has 0 spiro atoms. The summed E-state index contributed by atoms with van der Waals surface area (Å²) in [7, 11) is -3.62. The second-order valence-corrected chi connectivity index (χ2v) is 8.45. The number of carbonyl (C=O) groups excluding carboxylic acids is 1. The molecule has 3 rings (SSSR count). The van der Waals surface area contributed by atoms with E-state index in [0.29, 0.717) is 18.5 Å². The van der Waals surface area contributed by atoms with Crippen molar-refractivity contribution in [2.45, 2.75) is 31.2 Å². The minimum Gasteiger partial charge on any atom is -0.346 e. The summed E-state index contributed by atoms with van der Waals surface area (Å²) in [6.45, 7) is 4.12. The van der Waals surface area contributed by atoms with E-state index in [0.717, 1.165) is 11.3 Å². The molecule has 0 fully saturated rings. The maximum Gasteiger partial charge on any atom is 0.251 e. The summed E-state index contributed by atoms with van der Waals surface area (Å²) in [6.07, 6.45) is 5.98. The van der Waals surface area contributed by atoms with Crippen LogP contribution >= 0.6 is 0 Å². The Balaban J connectivity index is 1.70. The van der Waals surface area contributed by atoms with Crippen molar-refractivity contribution in [3.8, 4) is 5.69 Å². The zero-order chi connectivity index (χ0) is 20.9. The molecule has 1 aromatic heterocycles. The predicted octanol–water partition coefficient (Wildman–Crippen LogP) is 3.05. The molecule has 1 amide bonds. The lowest BCUT2D eigenvalue weighted by atomic mass is 10.1.